The minimum absolute atomic E-state index is 0.00498. The standard InChI is InChI=1S/C25H29N3O3/c1-17-6-8-22(9-7-17)28-16-20(15-23(28)29)25(31)27-12-10-19(11-13-27)24(30)26-21-5-3-4-18(2)14-21/h3-9,14,19-20H,10-13,15-16H2,1-2H3,(H,26,30)/t20-/m0/s1. The largest absolute Gasteiger partial charge is 0.342 e. The van der Waals surface area contributed by atoms with Gasteiger partial charge >= 0.3 is 0 Å². The zero-order valence-electron chi connectivity index (χ0n) is 18.1. The number of benzene rings is 2. The fourth-order valence-electron chi connectivity index (χ4n) is 4.43. The van der Waals surface area contributed by atoms with Crippen LogP contribution < -0.4 is 10.2 Å². The first-order valence-electron chi connectivity index (χ1n) is 10.9. The number of rotatable bonds is 4. The van der Waals surface area contributed by atoms with Gasteiger partial charge in [0.1, 0.15) is 0 Å². The molecular weight excluding hydrogens is 390 g/mol. The maximum absolute atomic E-state index is 13.0. The zero-order valence-corrected chi connectivity index (χ0v) is 18.1. The summed E-state index contributed by atoms with van der Waals surface area (Å²) >= 11 is 0. The van der Waals surface area contributed by atoms with Crippen molar-refractivity contribution in [3.8, 4) is 0 Å². The second-order valence-corrected chi connectivity index (χ2v) is 8.70. The SMILES string of the molecule is Cc1ccc(N2C[C@@H](C(=O)N3CCC(C(=O)Nc4cccc(C)c4)CC3)CC2=O)cc1. The molecule has 162 valence electrons. The number of piperidine rings is 1. The molecule has 0 saturated carbocycles. The van der Waals surface area contributed by atoms with Crippen LogP contribution in [0.25, 0.3) is 0 Å². The minimum Gasteiger partial charge on any atom is -0.342 e. The van der Waals surface area contributed by atoms with E-state index in [0.717, 1.165) is 22.5 Å². The molecule has 0 radical (unpaired) electrons. The number of anilines is 2. The molecule has 2 aliphatic rings. The van der Waals surface area contributed by atoms with Crippen molar-refractivity contribution >= 4 is 29.1 Å². The Morgan fingerprint density at radius 1 is 0.935 bits per heavy atom. The Labute approximate surface area is 183 Å². The third-order valence-corrected chi connectivity index (χ3v) is 6.28. The molecule has 31 heavy (non-hydrogen) atoms. The Morgan fingerprint density at radius 3 is 2.32 bits per heavy atom. The van der Waals surface area contributed by atoms with Crippen LogP contribution in [0, 0.1) is 25.7 Å². The summed E-state index contributed by atoms with van der Waals surface area (Å²) in [7, 11) is 0. The predicted octanol–water partition coefficient (Wildman–Crippen LogP) is 3.53. The molecule has 2 fully saturated rings. The van der Waals surface area contributed by atoms with Crippen molar-refractivity contribution in [1.29, 1.82) is 0 Å². The summed E-state index contributed by atoms with van der Waals surface area (Å²) in [5.41, 5.74) is 3.89. The van der Waals surface area contributed by atoms with Gasteiger partial charge in [0, 0.05) is 43.3 Å². The van der Waals surface area contributed by atoms with Crippen molar-refractivity contribution in [3.05, 3.63) is 59.7 Å². The molecular formula is C25H29N3O3. The highest BCUT2D eigenvalue weighted by atomic mass is 16.2. The van der Waals surface area contributed by atoms with Crippen LogP contribution >= 0.6 is 0 Å². The van der Waals surface area contributed by atoms with Gasteiger partial charge in [0.2, 0.25) is 17.7 Å². The van der Waals surface area contributed by atoms with E-state index in [1.807, 2.05) is 67.3 Å². The molecule has 0 aromatic heterocycles. The van der Waals surface area contributed by atoms with Crippen LogP contribution in [0.3, 0.4) is 0 Å². The lowest BCUT2D eigenvalue weighted by atomic mass is 9.94. The Balaban J connectivity index is 1.30. The van der Waals surface area contributed by atoms with Gasteiger partial charge in [-0.05, 0) is 56.5 Å². The number of nitrogens with zero attached hydrogens (tertiary/aromatic N) is 2. The highest BCUT2D eigenvalue weighted by molar-refractivity contribution is 6.00. The van der Waals surface area contributed by atoms with Gasteiger partial charge in [-0.1, -0.05) is 29.8 Å². The summed E-state index contributed by atoms with van der Waals surface area (Å²) in [6.45, 7) is 5.54. The Morgan fingerprint density at radius 2 is 1.65 bits per heavy atom. The smallest absolute Gasteiger partial charge is 0.228 e. The molecule has 2 saturated heterocycles. The van der Waals surface area contributed by atoms with Crippen LogP contribution in [0.5, 0.6) is 0 Å². The average molecular weight is 420 g/mol. The number of hydrogen-bond acceptors (Lipinski definition) is 3. The first-order chi connectivity index (χ1) is 14.9. The van der Waals surface area contributed by atoms with Crippen molar-refractivity contribution in [3.63, 3.8) is 0 Å². The van der Waals surface area contributed by atoms with E-state index in [-0.39, 0.29) is 36.0 Å². The van der Waals surface area contributed by atoms with E-state index in [1.54, 1.807) is 4.90 Å². The van der Waals surface area contributed by atoms with Gasteiger partial charge in [-0.15, -0.1) is 0 Å². The van der Waals surface area contributed by atoms with Crippen molar-refractivity contribution in [1.82, 2.24) is 4.90 Å². The first-order valence-corrected chi connectivity index (χ1v) is 10.9. The predicted molar refractivity (Wildman–Crippen MR) is 121 cm³/mol. The van der Waals surface area contributed by atoms with Crippen LogP contribution in [0.4, 0.5) is 11.4 Å². The van der Waals surface area contributed by atoms with Gasteiger partial charge in [-0.3, -0.25) is 14.4 Å². The molecule has 2 aromatic carbocycles. The van der Waals surface area contributed by atoms with Gasteiger partial charge < -0.3 is 15.1 Å². The number of nitrogens with one attached hydrogen (secondary N) is 1. The van der Waals surface area contributed by atoms with E-state index < -0.39 is 0 Å². The monoisotopic (exact) mass is 419 g/mol. The number of aryl methyl sites for hydroxylation is 2. The molecule has 6 nitrogen and oxygen atoms in total. The van der Waals surface area contributed by atoms with Crippen molar-refractivity contribution in [2.45, 2.75) is 33.1 Å². The molecule has 0 spiro atoms. The van der Waals surface area contributed by atoms with Gasteiger partial charge in [0.25, 0.3) is 0 Å². The fraction of sp³-hybridized carbons (Fsp3) is 0.400. The molecule has 2 heterocycles. The highest BCUT2D eigenvalue weighted by Gasteiger charge is 2.38. The van der Waals surface area contributed by atoms with Gasteiger partial charge in [0.15, 0.2) is 0 Å². The quantitative estimate of drug-likeness (QED) is 0.824. The summed E-state index contributed by atoms with van der Waals surface area (Å²) in [6, 6.07) is 15.6. The van der Waals surface area contributed by atoms with Crippen molar-refractivity contribution in [2.75, 3.05) is 29.9 Å². The maximum atomic E-state index is 13.0. The average Bonchev–Trinajstić information content (AvgIpc) is 3.15. The number of carbonyl (C=O) groups is 3. The van der Waals surface area contributed by atoms with Crippen LogP contribution in [0.2, 0.25) is 0 Å². The van der Waals surface area contributed by atoms with E-state index in [0.29, 0.717) is 32.5 Å². The zero-order chi connectivity index (χ0) is 22.0. The molecule has 0 aliphatic carbocycles. The molecule has 3 amide bonds. The van der Waals surface area contributed by atoms with Crippen LogP contribution in [0.1, 0.15) is 30.4 Å². The van der Waals surface area contributed by atoms with E-state index in [4.69, 9.17) is 0 Å². The molecule has 2 aromatic rings. The van der Waals surface area contributed by atoms with Gasteiger partial charge in [-0.2, -0.15) is 0 Å². The van der Waals surface area contributed by atoms with Crippen LogP contribution in [-0.2, 0) is 14.4 Å². The van der Waals surface area contributed by atoms with Gasteiger partial charge in [0.05, 0.1) is 5.92 Å². The molecule has 6 heteroatoms. The minimum atomic E-state index is -0.313. The fourth-order valence-corrected chi connectivity index (χ4v) is 4.43. The Hall–Kier alpha value is -3.15. The Kier molecular flexibility index (Phi) is 6.07. The summed E-state index contributed by atoms with van der Waals surface area (Å²) in [4.78, 5) is 41.7. The molecule has 0 bridgehead atoms. The molecule has 4 rings (SSSR count). The number of amides is 3. The highest BCUT2D eigenvalue weighted by Crippen LogP contribution is 2.28. The molecule has 1 atom stereocenters. The maximum Gasteiger partial charge on any atom is 0.228 e. The molecule has 2 aliphatic heterocycles. The number of likely N-dealkylation sites (tertiary alicyclic amines) is 1. The van der Waals surface area contributed by atoms with Crippen LogP contribution in [0.15, 0.2) is 48.5 Å². The second-order valence-electron chi connectivity index (χ2n) is 8.70. The van der Waals surface area contributed by atoms with E-state index in [9.17, 15) is 14.4 Å². The van der Waals surface area contributed by atoms with Crippen molar-refractivity contribution in [2.24, 2.45) is 11.8 Å². The van der Waals surface area contributed by atoms with Crippen LogP contribution in [-0.4, -0.2) is 42.3 Å². The van der Waals surface area contributed by atoms with Gasteiger partial charge in [-0.25, -0.2) is 0 Å². The first kappa shape index (κ1) is 21.1. The lowest BCUT2D eigenvalue weighted by molar-refractivity contribution is -0.138. The third kappa shape index (κ3) is 4.79. The third-order valence-electron chi connectivity index (χ3n) is 6.28. The summed E-state index contributed by atoms with van der Waals surface area (Å²) in [5.74, 6) is -0.375. The summed E-state index contributed by atoms with van der Waals surface area (Å²) < 4.78 is 0. The Bertz CT molecular complexity index is 978. The van der Waals surface area contributed by atoms with Crippen molar-refractivity contribution < 1.29 is 14.4 Å². The summed E-state index contributed by atoms with van der Waals surface area (Å²) in [5, 5.41) is 2.99. The molecule has 0 unspecified atom stereocenters. The second kappa shape index (κ2) is 8.92. The van der Waals surface area contributed by atoms with E-state index in [1.165, 1.54) is 0 Å². The molecule has 1 N–H and O–H groups in total. The van der Waals surface area contributed by atoms with E-state index >= 15 is 0 Å². The topological polar surface area (TPSA) is 69.7 Å². The number of carbonyl (C=O) groups excluding carboxylic acids is 3. The lowest BCUT2D eigenvalue weighted by Gasteiger charge is -2.33. The lowest BCUT2D eigenvalue weighted by Crippen LogP contribution is -2.44. The normalized spacial score (nSPS) is 19.5. The number of hydrogen-bond donors (Lipinski definition) is 1. The van der Waals surface area contributed by atoms with E-state index in [2.05, 4.69) is 5.32 Å². The summed E-state index contributed by atoms with van der Waals surface area (Å²) in [6.07, 6.45) is 1.54.